The lowest BCUT2D eigenvalue weighted by Gasteiger charge is -2.31. The van der Waals surface area contributed by atoms with Crippen LogP contribution in [0.5, 0.6) is 0 Å². The summed E-state index contributed by atoms with van der Waals surface area (Å²) < 4.78 is 22.6. The topological polar surface area (TPSA) is 57.7 Å². The van der Waals surface area contributed by atoms with Crippen molar-refractivity contribution in [2.75, 3.05) is 32.7 Å². The van der Waals surface area contributed by atoms with E-state index >= 15 is 0 Å². The first kappa shape index (κ1) is 16.0. The molecule has 2 aliphatic heterocycles. The number of hydrogen-bond donors (Lipinski definition) is 0. The van der Waals surface area contributed by atoms with Crippen molar-refractivity contribution < 1.29 is 13.2 Å². The molecule has 0 spiro atoms. The summed E-state index contributed by atoms with van der Waals surface area (Å²) in [7, 11) is 1.72. The Bertz CT molecular complexity index is 447. The van der Waals surface area contributed by atoms with Crippen molar-refractivity contribution in [3.8, 4) is 0 Å². The molecule has 2 heterocycles. The second-order valence-corrected chi connectivity index (χ2v) is 8.72. The molecule has 2 aliphatic rings. The smallest absolute Gasteiger partial charge is 0.237 e. The SMILES string of the molecule is CCN1CCC(CCN2CC(S(=O)(=O)Cl)CC2=O)CC1. The van der Waals surface area contributed by atoms with Crippen LogP contribution in [-0.4, -0.2) is 62.1 Å². The number of halogens is 1. The molecule has 116 valence electrons. The summed E-state index contributed by atoms with van der Waals surface area (Å²) in [6, 6.07) is 0. The first-order chi connectivity index (χ1) is 9.40. The van der Waals surface area contributed by atoms with Crippen molar-refractivity contribution in [3.05, 3.63) is 0 Å². The van der Waals surface area contributed by atoms with Crippen LogP contribution in [0.1, 0.15) is 32.6 Å². The molecule has 20 heavy (non-hydrogen) atoms. The Balaban J connectivity index is 1.76. The number of carbonyl (C=O) groups is 1. The van der Waals surface area contributed by atoms with Crippen LogP contribution in [0.15, 0.2) is 0 Å². The highest BCUT2D eigenvalue weighted by Gasteiger charge is 2.37. The van der Waals surface area contributed by atoms with Crippen LogP contribution < -0.4 is 0 Å². The van der Waals surface area contributed by atoms with Gasteiger partial charge in [0, 0.05) is 30.2 Å². The number of amides is 1. The van der Waals surface area contributed by atoms with Gasteiger partial charge < -0.3 is 9.80 Å². The van der Waals surface area contributed by atoms with Gasteiger partial charge in [0.15, 0.2) is 0 Å². The Labute approximate surface area is 125 Å². The Kier molecular flexibility index (Phi) is 5.31. The average Bonchev–Trinajstić information content (AvgIpc) is 2.78. The first-order valence-corrected chi connectivity index (χ1v) is 9.71. The van der Waals surface area contributed by atoms with Crippen molar-refractivity contribution >= 4 is 25.6 Å². The van der Waals surface area contributed by atoms with Crippen LogP contribution in [0.4, 0.5) is 0 Å². The molecule has 1 atom stereocenters. The minimum absolute atomic E-state index is 0.0418. The van der Waals surface area contributed by atoms with Crippen molar-refractivity contribution in [1.29, 1.82) is 0 Å². The molecule has 1 amide bonds. The second kappa shape index (κ2) is 6.62. The van der Waals surface area contributed by atoms with E-state index in [1.807, 2.05) is 0 Å². The third-order valence-corrected chi connectivity index (χ3v) is 6.41. The normalized spacial score (nSPS) is 26.4. The highest BCUT2D eigenvalue weighted by atomic mass is 35.7. The van der Waals surface area contributed by atoms with Crippen LogP contribution in [0, 0.1) is 5.92 Å². The van der Waals surface area contributed by atoms with E-state index in [4.69, 9.17) is 10.7 Å². The lowest BCUT2D eigenvalue weighted by atomic mass is 9.93. The Morgan fingerprint density at radius 1 is 1.30 bits per heavy atom. The van der Waals surface area contributed by atoms with Gasteiger partial charge in [0.2, 0.25) is 15.0 Å². The van der Waals surface area contributed by atoms with Gasteiger partial charge in [0.25, 0.3) is 0 Å². The van der Waals surface area contributed by atoms with E-state index in [0.29, 0.717) is 12.5 Å². The number of hydrogen-bond acceptors (Lipinski definition) is 4. The number of rotatable bonds is 5. The molecule has 2 saturated heterocycles. The molecular weight excluding hydrogens is 300 g/mol. The minimum Gasteiger partial charge on any atom is -0.341 e. The number of nitrogens with zero attached hydrogens (tertiary/aromatic N) is 2. The van der Waals surface area contributed by atoms with Crippen LogP contribution in [0.2, 0.25) is 0 Å². The molecule has 0 aliphatic carbocycles. The summed E-state index contributed by atoms with van der Waals surface area (Å²) in [6.45, 7) is 6.47. The fourth-order valence-corrected chi connectivity index (χ4v) is 4.13. The molecule has 7 heteroatoms. The molecule has 2 fully saturated rings. The van der Waals surface area contributed by atoms with Gasteiger partial charge in [-0.2, -0.15) is 0 Å². The fourth-order valence-electron chi connectivity index (χ4n) is 3.07. The minimum atomic E-state index is -3.62. The molecule has 0 saturated carbocycles. The third kappa shape index (κ3) is 4.09. The van der Waals surface area contributed by atoms with Crippen molar-refractivity contribution in [2.24, 2.45) is 5.92 Å². The summed E-state index contributed by atoms with van der Waals surface area (Å²) in [4.78, 5) is 15.9. The zero-order valence-corrected chi connectivity index (χ0v) is 13.5. The van der Waals surface area contributed by atoms with E-state index in [1.165, 1.54) is 12.8 Å². The number of likely N-dealkylation sites (tertiary alicyclic amines) is 2. The van der Waals surface area contributed by atoms with Gasteiger partial charge >= 0.3 is 0 Å². The number of piperidine rings is 1. The van der Waals surface area contributed by atoms with Gasteiger partial charge in [-0.1, -0.05) is 6.92 Å². The molecule has 0 aromatic carbocycles. The van der Waals surface area contributed by atoms with Gasteiger partial charge in [0.1, 0.15) is 5.25 Å². The van der Waals surface area contributed by atoms with E-state index in [-0.39, 0.29) is 18.9 Å². The Morgan fingerprint density at radius 2 is 1.95 bits per heavy atom. The predicted molar refractivity (Wildman–Crippen MR) is 79.2 cm³/mol. The quantitative estimate of drug-likeness (QED) is 0.715. The first-order valence-electron chi connectivity index (χ1n) is 7.33. The zero-order valence-electron chi connectivity index (χ0n) is 11.9. The summed E-state index contributed by atoms with van der Waals surface area (Å²) in [5.74, 6) is 0.572. The summed E-state index contributed by atoms with van der Waals surface area (Å²) >= 11 is 0. The average molecular weight is 323 g/mol. The Morgan fingerprint density at radius 3 is 2.45 bits per heavy atom. The summed E-state index contributed by atoms with van der Waals surface area (Å²) in [5.41, 5.74) is 0. The monoisotopic (exact) mass is 322 g/mol. The molecule has 0 aromatic rings. The van der Waals surface area contributed by atoms with Crippen molar-refractivity contribution in [2.45, 2.75) is 37.9 Å². The lowest BCUT2D eigenvalue weighted by Crippen LogP contribution is -2.35. The molecule has 2 rings (SSSR count). The van der Waals surface area contributed by atoms with Gasteiger partial charge in [-0.05, 0) is 44.8 Å². The van der Waals surface area contributed by atoms with Crippen LogP contribution in [-0.2, 0) is 13.8 Å². The largest absolute Gasteiger partial charge is 0.341 e. The summed E-state index contributed by atoms with van der Waals surface area (Å²) in [5, 5.41) is -0.724. The molecule has 0 bridgehead atoms. The van der Waals surface area contributed by atoms with Crippen LogP contribution in [0.3, 0.4) is 0 Å². The summed E-state index contributed by atoms with van der Waals surface area (Å²) in [6.07, 6.45) is 3.36. The molecule has 0 radical (unpaired) electrons. The van der Waals surface area contributed by atoms with Crippen LogP contribution >= 0.6 is 10.7 Å². The number of carbonyl (C=O) groups excluding carboxylic acids is 1. The molecular formula is C13H23ClN2O3S. The van der Waals surface area contributed by atoms with Gasteiger partial charge in [0.05, 0.1) is 0 Å². The Hall–Kier alpha value is -0.330. The maximum Gasteiger partial charge on any atom is 0.237 e. The van der Waals surface area contributed by atoms with E-state index in [0.717, 1.165) is 26.1 Å². The van der Waals surface area contributed by atoms with E-state index in [2.05, 4.69) is 11.8 Å². The molecule has 0 N–H and O–H groups in total. The third-order valence-electron chi connectivity index (χ3n) is 4.54. The molecule has 5 nitrogen and oxygen atoms in total. The predicted octanol–water partition coefficient (Wildman–Crippen LogP) is 1.28. The van der Waals surface area contributed by atoms with Gasteiger partial charge in [-0.3, -0.25) is 4.79 Å². The van der Waals surface area contributed by atoms with Crippen molar-refractivity contribution in [1.82, 2.24) is 9.80 Å². The fraction of sp³-hybridized carbons (Fsp3) is 0.923. The zero-order chi connectivity index (χ0) is 14.8. The van der Waals surface area contributed by atoms with Crippen LogP contribution in [0.25, 0.3) is 0 Å². The second-order valence-electron chi connectivity index (χ2n) is 5.81. The van der Waals surface area contributed by atoms with Gasteiger partial charge in [-0.25, -0.2) is 8.42 Å². The maximum atomic E-state index is 11.8. The van der Waals surface area contributed by atoms with Gasteiger partial charge in [-0.15, -0.1) is 0 Å². The highest BCUT2D eigenvalue weighted by molar-refractivity contribution is 8.14. The highest BCUT2D eigenvalue weighted by Crippen LogP contribution is 2.24. The lowest BCUT2D eigenvalue weighted by molar-refractivity contribution is -0.127. The standard InChI is InChI=1S/C13H23ClN2O3S/c1-2-15-6-3-11(4-7-15)5-8-16-10-12(9-13(16)17)20(14,18)19/h11-12H,2-10H2,1H3. The molecule has 1 unspecified atom stereocenters. The van der Waals surface area contributed by atoms with Crippen molar-refractivity contribution in [3.63, 3.8) is 0 Å². The van der Waals surface area contributed by atoms with E-state index in [9.17, 15) is 13.2 Å². The maximum absolute atomic E-state index is 11.8. The van der Waals surface area contributed by atoms with E-state index in [1.54, 1.807) is 4.90 Å². The van der Waals surface area contributed by atoms with E-state index < -0.39 is 14.3 Å². The molecule has 0 aromatic heterocycles.